The van der Waals surface area contributed by atoms with E-state index in [1.54, 1.807) is 19.2 Å². The van der Waals surface area contributed by atoms with E-state index in [0.717, 1.165) is 0 Å². The number of amides is 1. The number of aliphatic hydroxyl groups excluding tert-OH is 1. The van der Waals surface area contributed by atoms with E-state index in [0.29, 0.717) is 24.7 Å². The first-order valence-electron chi connectivity index (χ1n) is 5.46. The summed E-state index contributed by atoms with van der Waals surface area (Å²) in [5, 5.41) is 8.70. The van der Waals surface area contributed by atoms with Crippen molar-refractivity contribution in [2.75, 3.05) is 20.2 Å². The van der Waals surface area contributed by atoms with Crippen LogP contribution in [0.5, 0.6) is 0 Å². The highest BCUT2D eigenvalue weighted by Gasteiger charge is 2.17. The van der Waals surface area contributed by atoms with Crippen LogP contribution in [0.25, 0.3) is 0 Å². The van der Waals surface area contributed by atoms with Gasteiger partial charge in [0.2, 0.25) is 0 Å². The smallest absolute Gasteiger partial charge is 0.288 e. The maximum atomic E-state index is 12.4. The normalized spacial score (nSPS) is 10.7. The minimum Gasteiger partial charge on any atom is -0.396 e. The summed E-state index contributed by atoms with van der Waals surface area (Å²) in [7, 11) is 1.59. The fourth-order valence-electron chi connectivity index (χ4n) is 1.46. The molecule has 1 aromatic rings. The van der Waals surface area contributed by atoms with Gasteiger partial charge in [-0.1, -0.05) is 23.9 Å². The van der Waals surface area contributed by atoms with Crippen LogP contribution in [0.4, 0.5) is 8.78 Å². The third kappa shape index (κ3) is 4.27. The van der Waals surface area contributed by atoms with Crippen LogP contribution in [0.3, 0.4) is 0 Å². The van der Waals surface area contributed by atoms with Crippen LogP contribution in [0, 0.1) is 0 Å². The molecule has 0 aliphatic rings. The first kappa shape index (κ1) is 14.9. The number of halogens is 2. The van der Waals surface area contributed by atoms with Crippen molar-refractivity contribution in [2.45, 2.75) is 17.1 Å². The summed E-state index contributed by atoms with van der Waals surface area (Å²) in [6, 6.07) is 6.30. The van der Waals surface area contributed by atoms with Crippen molar-refractivity contribution < 1.29 is 18.7 Å². The number of hydrogen-bond acceptors (Lipinski definition) is 3. The molecule has 0 spiro atoms. The lowest BCUT2D eigenvalue weighted by Gasteiger charge is -2.18. The molecular weight excluding hydrogens is 260 g/mol. The van der Waals surface area contributed by atoms with E-state index in [4.69, 9.17) is 5.11 Å². The number of carbonyl (C=O) groups excluding carboxylic acids is 1. The largest absolute Gasteiger partial charge is 0.396 e. The number of carbonyl (C=O) groups is 1. The van der Waals surface area contributed by atoms with Crippen LogP contribution >= 0.6 is 11.8 Å². The first-order valence-corrected chi connectivity index (χ1v) is 6.34. The molecule has 0 aliphatic carbocycles. The highest BCUT2D eigenvalue weighted by molar-refractivity contribution is 7.99. The van der Waals surface area contributed by atoms with Crippen molar-refractivity contribution in [3.05, 3.63) is 29.8 Å². The molecule has 0 atom stereocenters. The third-order valence-corrected chi connectivity index (χ3v) is 3.12. The van der Waals surface area contributed by atoms with Gasteiger partial charge in [-0.05, 0) is 18.6 Å². The van der Waals surface area contributed by atoms with E-state index < -0.39 is 5.76 Å². The number of alkyl halides is 2. The number of rotatable bonds is 6. The molecule has 1 amide bonds. The molecule has 1 aromatic carbocycles. The summed E-state index contributed by atoms with van der Waals surface area (Å²) < 4.78 is 24.7. The lowest BCUT2D eigenvalue weighted by molar-refractivity contribution is 0.0783. The monoisotopic (exact) mass is 275 g/mol. The number of hydrogen-bond donors (Lipinski definition) is 1. The Kier molecular flexibility index (Phi) is 6.07. The summed E-state index contributed by atoms with van der Waals surface area (Å²) in [6.45, 7) is 0.383. The fourth-order valence-corrected chi connectivity index (χ4v) is 2.09. The Labute approximate surface area is 109 Å². The summed E-state index contributed by atoms with van der Waals surface area (Å²) in [5.74, 6) is -2.87. The van der Waals surface area contributed by atoms with E-state index in [2.05, 4.69) is 0 Å². The molecule has 1 N–H and O–H groups in total. The van der Waals surface area contributed by atoms with Crippen LogP contribution in [-0.4, -0.2) is 41.9 Å². The Morgan fingerprint density at radius 1 is 1.44 bits per heavy atom. The van der Waals surface area contributed by atoms with Crippen LogP contribution in [0.2, 0.25) is 0 Å². The van der Waals surface area contributed by atoms with Gasteiger partial charge in [0.1, 0.15) is 0 Å². The number of thioether (sulfide) groups is 1. The molecule has 0 unspecified atom stereocenters. The average molecular weight is 275 g/mol. The predicted octanol–water partition coefficient (Wildman–Crippen LogP) is 2.46. The molecule has 0 fully saturated rings. The van der Waals surface area contributed by atoms with Gasteiger partial charge in [0.15, 0.2) is 0 Å². The van der Waals surface area contributed by atoms with Crippen molar-refractivity contribution in [1.29, 1.82) is 0 Å². The zero-order valence-electron chi connectivity index (χ0n) is 9.97. The fraction of sp³-hybridized carbons (Fsp3) is 0.417. The Hall–Kier alpha value is -1.14. The molecule has 0 radical (unpaired) electrons. The number of aliphatic hydroxyl groups is 1. The Bertz CT molecular complexity index is 401. The van der Waals surface area contributed by atoms with E-state index >= 15 is 0 Å². The number of benzene rings is 1. The highest BCUT2D eigenvalue weighted by Crippen LogP contribution is 2.28. The van der Waals surface area contributed by atoms with Gasteiger partial charge >= 0.3 is 0 Å². The zero-order valence-corrected chi connectivity index (χ0v) is 10.8. The van der Waals surface area contributed by atoms with Gasteiger partial charge in [0.05, 0.1) is 5.56 Å². The minimum atomic E-state index is -2.55. The van der Waals surface area contributed by atoms with Crippen LogP contribution < -0.4 is 0 Å². The van der Waals surface area contributed by atoms with Gasteiger partial charge in [0, 0.05) is 25.1 Å². The topological polar surface area (TPSA) is 40.5 Å². The standard InChI is InChI=1S/C12H15F2NO2S/c1-15(7-4-8-16)11(17)9-5-2-3-6-10(9)18-12(13)14/h2-3,5-6,12,16H,4,7-8H2,1H3. The Balaban J connectivity index is 2.84. The molecule has 0 aliphatic heterocycles. The molecule has 0 saturated carbocycles. The van der Waals surface area contributed by atoms with E-state index in [-0.39, 0.29) is 23.0 Å². The first-order chi connectivity index (χ1) is 8.56. The van der Waals surface area contributed by atoms with E-state index in [1.807, 2.05) is 0 Å². The Morgan fingerprint density at radius 3 is 2.72 bits per heavy atom. The van der Waals surface area contributed by atoms with Gasteiger partial charge in [-0.2, -0.15) is 8.78 Å². The van der Waals surface area contributed by atoms with Crippen molar-refractivity contribution in [3.63, 3.8) is 0 Å². The molecule has 3 nitrogen and oxygen atoms in total. The second kappa shape index (κ2) is 7.33. The lowest BCUT2D eigenvalue weighted by Crippen LogP contribution is -2.28. The quantitative estimate of drug-likeness (QED) is 0.811. The van der Waals surface area contributed by atoms with Gasteiger partial charge in [-0.15, -0.1) is 0 Å². The summed E-state index contributed by atoms with van der Waals surface area (Å²) in [4.78, 5) is 13.7. The Morgan fingerprint density at radius 2 is 2.11 bits per heavy atom. The van der Waals surface area contributed by atoms with Gasteiger partial charge in [-0.25, -0.2) is 0 Å². The summed E-state index contributed by atoms with van der Waals surface area (Å²) >= 11 is 0.364. The zero-order chi connectivity index (χ0) is 13.5. The van der Waals surface area contributed by atoms with Crippen molar-refractivity contribution in [2.24, 2.45) is 0 Å². The molecule has 18 heavy (non-hydrogen) atoms. The molecule has 0 heterocycles. The number of nitrogens with zero attached hydrogens (tertiary/aromatic N) is 1. The second-order valence-electron chi connectivity index (χ2n) is 3.68. The third-order valence-electron chi connectivity index (χ3n) is 2.33. The highest BCUT2D eigenvalue weighted by atomic mass is 32.2. The van der Waals surface area contributed by atoms with Crippen molar-refractivity contribution in [1.82, 2.24) is 4.90 Å². The molecule has 6 heteroatoms. The molecule has 0 aromatic heterocycles. The minimum absolute atomic E-state index is 0.00888. The van der Waals surface area contributed by atoms with E-state index in [1.165, 1.54) is 17.0 Å². The summed E-state index contributed by atoms with van der Waals surface area (Å²) in [5.41, 5.74) is 0.267. The maximum absolute atomic E-state index is 12.4. The summed E-state index contributed by atoms with van der Waals surface area (Å²) in [6.07, 6.45) is 0.465. The average Bonchev–Trinajstić information content (AvgIpc) is 2.35. The molecule has 1 rings (SSSR count). The molecule has 0 bridgehead atoms. The molecule has 100 valence electrons. The van der Waals surface area contributed by atoms with Crippen LogP contribution in [-0.2, 0) is 0 Å². The SMILES string of the molecule is CN(CCCO)C(=O)c1ccccc1SC(F)F. The van der Waals surface area contributed by atoms with Gasteiger partial charge in [-0.3, -0.25) is 4.79 Å². The van der Waals surface area contributed by atoms with E-state index in [9.17, 15) is 13.6 Å². The second-order valence-corrected chi connectivity index (χ2v) is 4.71. The predicted molar refractivity (Wildman–Crippen MR) is 67.0 cm³/mol. The molecule has 0 saturated heterocycles. The van der Waals surface area contributed by atoms with Crippen molar-refractivity contribution in [3.8, 4) is 0 Å². The molecular formula is C12H15F2NO2S. The van der Waals surface area contributed by atoms with Gasteiger partial charge < -0.3 is 10.0 Å². The lowest BCUT2D eigenvalue weighted by atomic mass is 10.2. The van der Waals surface area contributed by atoms with Crippen LogP contribution in [0.15, 0.2) is 29.2 Å². The maximum Gasteiger partial charge on any atom is 0.288 e. The van der Waals surface area contributed by atoms with Crippen LogP contribution in [0.1, 0.15) is 16.8 Å². The van der Waals surface area contributed by atoms with Gasteiger partial charge in [0.25, 0.3) is 11.7 Å². The van der Waals surface area contributed by atoms with Crippen molar-refractivity contribution >= 4 is 17.7 Å².